The summed E-state index contributed by atoms with van der Waals surface area (Å²) in [6.45, 7) is 1.56. The molecule has 3 rings (SSSR count). The Morgan fingerprint density at radius 1 is 0.970 bits per heavy atom. The molecule has 0 saturated carbocycles. The highest BCUT2D eigenvalue weighted by Crippen LogP contribution is 2.34. The van der Waals surface area contributed by atoms with E-state index in [1.165, 1.54) is 37.7 Å². The Kier molecular flexibility index (Phi) is 8.08. The summed E-state index contributed by atoms with van der Waals surface area (Å²) in [5, 5.41) is 2.92. The summed E-state index contributed by atoms with van der Waals surface area (Å²) in [6, 6.07) is 12.9. The van der Waals surface area contributed by atoms with Gasteiger partial charge in [0.1, 0.15) is 0 Å². The second-order valence-corrected chi connectivity index (χ2v) is 8.38. The van der Waals surface area contributed by atoms with Crippen LogP contribution in [0, 0.1) is 0 Å². The van der Waals surface area contributed by atoms with Crippen molar-refractivity contribution in [3.63, 3.8) is 0 Å². The van der Waals surface area contributed by atoms with Crippen LogP contribution in [-0.2, 0) is 11.2 Å². The number of amides is 1. The number of rotatable bonds is 9. The molecule has 7 nitrogen and oxygen atoms in total. The van der Waals surface area contributed by atoms with Crippen molar-refractivity contribution in [2.75, 3.05) is 26.1 Å². The Hall–Kier alpha value is -3.36. The molecule has 0 saturated heterocycles. The fourth-order valence-corrected chi connectivity index (χ4v) is 4.08. The van der Waals surface area contributed by atoms with E-state index < -0.39 is 18.5 Å². The minimum Gasteiger partial charge on any atom is -0.493 e. The van der Waals surface area contributed by atoms with E-state index in [0.29, 0.717) is 10.6 Å². The molecule has 0 atom stereocenters. The molecule has 33 heavy (non-hydrogen) atoms. The van der Waals surface area contributed by atoms with Gasteiger partial charge in [0.15, 0.2) is 18.1 Å². The summed E-state index contributed by atoms with van der Waals surface area (Å²) in [6.07, 6.45) is 0.817. The smallest absolute Gasteiger partial charge is 0.340 e. The van der Waals surface area contributed by atoms with Gasteiger partial charge in [-0.05, 0) is 30.7 Å². The number of methoxy groups -OCH3 is 2. The standard InChI is InChI=1S/C24H22ClNO6S/c1-4-14-9-10-22(33-14)19(27)13-32-24(29)16-11-20(30-2)21(31-3)12-18(16)26-23(28)15-7-5-6-8-17(15)25/h5-12H,4,13H2,1-3H3,(H,26,28). The lowest BCUT2D eigenvalue weighted by molar-refractivity contribution is 0.0476. The summed E-state index contributed by atoms with van der Waals surface area (Å²) < 4.78 is 15.8. The Morgan fingerprint density at radius 2 is 1.67 bits per heavy atom. The predicted octanol–water partition coefficient (Wildman–Crippen LogP) is 5.27. The average Bonchev–Trinajstić information content (AvgIpc) is 3.31. The van der Waals surface area contributed by atoms with Crippen molar-refractivity contribution >= 4 is 46.3 Å². The maximum absolute atomic E-state index is 12.9. The third kappa shape index (κ3) is 5.71. The van der Waals surface area contributed by atoms with E-state index in [-0.39, 0.29) is 33.4 Å². The maximum Gasteiger partial charge on any atom is 0.340 e. The van der Waals surface area contributed by atoms with Crippen molar-refractivity contribution in [2.24, 2.45) is 0 Å². The topological polar surface area (TPSA) is 90.9 Å². The zero-order chi connectivity index (χ0) is 24.0. The molecule has 9 heteroatoms. The van der Waals surface area contributed by atoms with Crippen LogP contribution in [-0.4, -0.2) is 38.5 Å². The van der Waals surface area contributed by atoms with Gasteiger partial charge < -0.3 is 19.5 Å². The van der Waals surface area contributed by atoms with Crippen molar-refractivity contribution in [1.29, 1.82) is 0 Å². The molecule has 0 aliphatic carbocycles. The van der Waals surface area contributed by atoms with Gasteiger partial charge in [-0.1, -0.05) is 30.7 Å². The molecule has 1 amide bonds. The van der Waals surface area contributed by atoms with Crippen LogP contribution in [0.2, 0.25) is 5.02 Å². The Labute approximate surface area is 200 Å². The fourth-order valence-electron chi connectivity index (χ4n) is 2.98. The summed E-state index contributed by atoms with van der Waals surface area (Å²) in [5.41, 5.74) is 0.355. The minimum atomic E-state index is -0.800. The lowest BCUT2D eigenvalue weighted by atomic mass is 10.1. The SMILES string of the molecule is CCc1ccc(C(=O)COC(=O)c2cc(OC)c(OC)cc2NC(=O)c2ccccc2Cl)s1. The van der Waals surface area contributed by atoms with Crippen LogP contribution >= 0.6 is 22.9 Å². The summed E-state index contributed by atoms with van der Waals surface area (Å²) in [4.78, 5) is 39.6. The number of hydrogen-bond acceptors (Lipinski definition) is 7. The molecule has 0 fully saturated rings. The Balaban J connectivity index is 1.85. The molecule has 0 radical (unpaired) electrons. The van der Waals surface area contributed by atoms with Crippen LogP contribution in [0.3, 0.4) is 0 Å². The Morgan fingerprint density at radius 3 is 2.30 bits per heavy atom. The molecule has 3 aromatic rings. The number of ether oxygens (including phenoxy) is 3. The molecule has 1 heterocycles. The van der Waals surface area contributed by atoms with Gasteiger partial charge in [0.2, 0.25) is 5.78 Å². The largest absolute Gasteiger partial charge is 0.493 e. The number of hydrogen-bond donors (Lipinski definition) is 1. The quantitative estimate of drug-likeness (QED) is 0.326. The molecule has 2 aromatic carbocycles. The van der Waals surface area contributed by atoms with Crippen LogP contribution in [0.4, 0.5) is 5.69 Å². The van der Waals surface area contributed by atoms with Gasteiger partial charge in [-0.15, -0.1) is 11.3 Å². The number of aryl methyl sites for hydroxylation is 1. The first-order chi connectivity index (χ1) is 15.9. The van der Waals surface area contributed by atoms with E-state index in [4.69, 9.17) is 25.8 Å². The van der Waals surface area contributed by atoms with E-state index in [2.05, 4.69) is 5.32 Å². The van der Waals surface area contributed by atoms with Gasteiger partial charge >= 0.3 is 5.97 Å². The van der Waals surface area contributed by atoms with E-state index >= 15 is 0 Å². The molecule has 1 N–H and O–H groups in total. The number of nitrogens with one attached hydrogen (secondary N) is 1. The number of anilines is 1. The van der Waals surface area contributed by atoms with Crippen LogP contribution in [0.5, 0.6) is 11.5 Å². The number of benzene rings is 2. The average molecular weight is 488 g/mol. The van der Waals surface area contributed by atoms with E-state index in [9.17, 15) is 14.4 Å². The number of halogens is 1. The zero-order valence-corrected chi connectivity index (χ0v) is 19.8. The molecule has 0 aliphatic heterocycles. The highest BCUT2D eigenvalue weighted by Gasteiger charge is 2.22. The molecule has 0 bridgehead atoms. The van der Waals surface area contributed by atoms with E-state index in [0.717, 1.165) is 11.3 Å². The van der Waals surface area contributed by atoms with Crippen LogP contribution < -0.4 is 14.8 Å². The van der Waals surface area contributed by atoms with Crippen molar-refractivity contribution in [3.8, 4) is 11.5 Å². The number of thiophene rings is 1. The third-order valence-electron chi connectivity index (χ3n) is 4.73. The molecule has 0 spiro atoms. The number of esters is 1. The number of carbonyl (C=O) groups excluding carboxylic acids is 3. The molecule has 1 aromatic heterocycles. The molecule has 172 valence electrons. The van der Waals surface area contributed by atoms with Crippen LogP contribution in [0.25, 0.3) is 0 Å². The number of ketones is 1. The molecule has 0 aliphatic rings. The summed E-state index contributed by atoms with van der Waals surface area (Å²) in [5.74, 6) is -1.08. The van der Waals surface area contributed by atoms with Crippen molar-refractivity contribution in [3.05, 3.63) is 74.4 Å². The first-order valence-corrected chi connectivity index (χ1v) is 11.2. The van der Waals surface area contributed by atoms with Crippen molar-refractivity contribution in [2.45, 2.75) is 13.3 Å². The van der Waals surface area contributed by atoms with Gasteiger partial charge in [0, 0.05) is 17.0 Å². The fraction of sp³-hybridized carbons (Fsp3) is 0.208. The van der Waals surface area contributed by atoms with Gasteiger partial charge in [0.05, 0.1) is 40.9 Å². The lowest BCUT2D eigenvalue weighted by Gasteiger charge is -2.15. The molecule has 0 unspecified atom stereocenters. The maximum atomic E-state index is 12.9. The predicted molar refractivity (Wildman–Crippen MR) is 127 cm³/mol. The minimum absolute atomic E-state index is 0.00119. The van der Waals surface area contributed by atoms with Gasteiger partial charge in [-0.3, -0.25) is 9.59 Å². The first kappa shape index (κ1) is 24.3. The normalized spacial score (nSPS) is 10.4. The monoisotopic (exact) mass is 487 g/mol. The lowest BCUT2D eigenvalue weighted by Crippen LogP contribution is -2.18. The van der Waals surface area contributed by atoms with Gasteiger partial charge in [-0.25, -0.2) is 4.79 Å². The highest BCUT2D eigenvalue weighted by molar-refractivity contribution is 7.14. The third-order valence-corrected chi connectivity index (χ3v) is 6.33. The number of carbonyl (C=O) groups is 3. The summed E-state index contributed by atoms with van der Waals surface area (Å²) >= 11 is 7.48. The first-order valence-electron chi connectivity index (χ1n) is 9.98. The molecular weight excluding hydrogens is 466 g/mol. The number of Topliss-reactive ketones (excluding diaryl/α,β-unsaturated/α-hetero) is 1. The Bertz CT molecular complexity index is 1190. The van der Waals surface area contributed by atoms with Crippen molar-refractivity contribution in [1.82, 2.24) is 0 Å². The second-order valence-electron chi connectivity index (χ2n) is 6.81. The highest BCUT2D eigenvalue weighted by atomic mass is 35.5. The second kappa shape index (κ2) is 11.0. The van der Waals surface area contributed by atoms with Gasteiger partial charge in [0.25, 0.3) is 5.91 Å². The molecular formula is C24H22ClNO6S. The van der Waals surface area contributed by atoms with Gasteiger partial charge in [-0.2, -0.15) is 0 Å². The van der Waals surface area contributed by atoms with E-state index in [1.54, 1.807) is 30.3 Å². The van der Waals surface area contributed by atoms with Crippen LogP contribution in [0.15, 0.2) is 48.5 Å². The summed E-state index contributed by atoms with van der Waals surface area (Å²) in [7, 11) is 2.85. The van der Waals surface area contributed by atoms with E-state index in [1.807, 2.05) is 13.0 Å². The van der Waals surface area contributed by atoms with Crippen LogP contribution in [0.1, 0.15) is 42.2 Å². The zero-order valence-electron chi connectivity index (χ0n) is 18.3. The van der Waals surface area contributed by atoms with Crippen molar-refractivity contribution < 1.29 is 28.6 Å².